The van der Waals surface area contributed by atoms with E-state index in [-0.39, 0.29) is 17.0 Å². The molecule has 0 saturated heterocycles. The monoisotopic (exact) mass is 283 g/mol. The maximum Gasteiger partial charge on any atom is 0.330 e. The van der Waals surface area contributed by atoms with E-state index in [1.54, 1.807) is 0 Å². The minimum atomic E-state index is -0.323. The van der Waals surface area contributed by atoms with Crippen LogP contribution < -0.4 is 0 Å². The van der Waals surface area contributed by atoms with Gasteiger partial charge >= 0.3 is 5.97 Å². The predicted octanol–water partition coefficient (Wildman–Crippen LogP) is 4.18. The van der Waals surface area contributed by atoms with Gasteiger partial charge in [-0.3, -0.25) is 4.90 Å². The van der Waals surface area contributed by atoms with Crippen LogP contribution in [0.25, 0.3) is 0 Å². The van der Waals surface area contributed by atoms with Gasteiger partial charge in [0.25, 0.3) is 0 Å². The molecule has 0 bridgehead atoms. The van der Waals surface area contributed by atoms with E-state index >= 15 is 0 Å². The molecule has 3 nitrogen and oxygen atoms in total. The third-order valence-corrected chi connectivity index (χ3v) is 3.31. The van der Waals surface area contributed by atoms with Crippen LogP contribution in [-0.4, -0.2) is 35.1 Å². The maximum absolute atomic E-state index is 10.9. The van der Waals surface area contributed by atoms with Gasteiger partial charge in [-0.05, 0) is 60.9 Å². The Labute approximate surface area is 125 Å². The number of carbonyl (C=O) groups excluding carboxylic acids is 1. The largest absolute Gasteiger partial charge is 0.463 e. The van der Waals surface area contributed by atoms with Crippen molar-refractivity contribution in [1.29, 1.82) is 0 Å². The van der Waals surface area contributed by atoms with Gasteiger partial charge in [-0.2, -0.15) is 0 Å². The molecule has 3 heteroatoms. The molecule has 0 N–H and O–H groups in total. The SMILES string of the molecule is C=CC(=O)OCCCCCCN(C(C)(C)C)C(C)(C)C. The number of esters is 1. The average Bonchev–Trinajstić information content (AvgIpc) is 2.28. The first-order valence-electron chi connectivity index (χ1n) is 7.66. The molecule has 0 radical (unpaired) electrons. The Hall–Kier alpha value is -0.830. The van der Waals surface area contributed by atoms with Crippen LogP contribution in [0, 0.1) is 0 Å². The highest BCUT2D eigenvalue weighted by Crippen LogP contribution is 2.25. The second-order valence-electron chi connectivity index (χ2n) is 7.28. The van der Waals surface area contributed by atoms with Crippen molar-refractivity contribution in [2.24, 2.45) is 0 Å². The molecule has 0 aliphatic rings. The summed E-state index contributed by atoms with van der Waals surface area (Å²) in [4.78, 5) is 13.4. The van der Waals surface area contributed by atoms with Crippen LogP contribution in [-0.2, 0) is 9.53 Å². The molecular weight excluding hydrogens is 250 g/mol. The molecule has 0 aliphatic heterocycles. The summed E-state index contributed by atoms with van der Waals surface area (Å²) in [5.41, 5.74) is 0.384. The van der Waals surface area contributed by atoms with Crippen molar-refractivity contribution in [1.82, 2.24) is 4.90 Å². The minimum absolute atomic E-state index is 0.192. The van der Waals surface area contributed by atoms with Gasteiger partial charge in [-0.15, -0.1) is 0 Å². The highest BCUT2D eigenvalue weighted by Gasteiger charge is 2.30. The van der Waals surface area contributed by atoms with Gasteiger partial charge in [0.05, 0.1) is 6.61 Å². The van der Waals surface area contributed by atoms with Crippen molar-refractivity contribution in [2.75, 3.05) is 13.2 Å². The van der Waals surface area contributed by atoms with Crippen molar-refractivity contribution >= 4 is 5.97 Å². The third-order valence-electron chi connectivity index (χ3n) is 3.31. The smallest absolute Gasteiger partial charge is 0.330 e. The van der Waals surface area contributed by atoms with E-state index in [2.05, 4.69) is 53.0 Å². The summed E-state index contributed by atoms with van der Waals surface area (Å²) in [7, 11) is 0. The molecule has 0 aromatic heterocycles. The summed E-state index contributed by atoms with van der Waals surface area (Å²) in [6, 6.07) is 0. The Balaban J connectivity index is 3.87. The molecule has 0 aromatic rings. The first kappa shape index (κ1) is 19.2. The van der Waals surface area contributed by atoms with Crippen molar-refractivity contribution in [3.8, 4) is 0 Å². The van der Waals surface area contributed by atoms with Crippen molar-refractivity contribution < 1.29 is 9.53 Å². The number of rotatable bonds is 8. The lowest BCUT2D eigenvalue weighted by Crippen LogP contribution is -2.52. The molecule has 0 rings (SSSR count). The Morgan fingerprint density at radius 2 is 1.50 bits per heavy atom. The minimum Gasteiger partial charge on any atom is -0.463 e. The summed E-state index contributed by atoms with van der Waals surface area (Å²) in [5, 5.41) is 0. The number of ether oxygens (including phenoxy) is 1. The Kier molecular flexibility index (Phi) is 8.10. The maximum atomic E-state index is 10.9. The van der Waals surface area contributed by atoms with Gasteiger partial charge in [0.1, 0.15) is 0 Å². The van der Waals surface area contributed by atoms with E-state index in [9.17, 15) is 4.79 Å². The Bertz CT molecular complexity index is 283. The average molecular weight is 283 g/mol. The molecule has 0 atom stereocenters. The molecule has 0 amide bonds. The van der Waals surface area contributed by atoms with E-state index in [0.717, 1.165) is 19.4 Å². The van der Waals surface area contributed by atoms with Crippen molar-refractivity contribution in [3.05, 3.63) is 12.7 Å². The molecule has 0 unspecified atom stereocenters. The second kappa shape index (κ2) is 8.46. The normalized spacial score (nSPS) is 12.6. The fraction of sp³-hybridized carbons (Fsp3) is 0.824. The molecule has 0 heterocycles. The van der Waals surface area contributed by atoms with E-state index in [4.69, 9.17) is 4.74 Å². The molecular formula is C17H33NO2. The van der Waals surface area contributed by atoms with E-state index in [1.165, 1.54) is 18.9 Å². The Morgan fingerprint density at radius 3 is 1.95 bits per heavy atom. The van der Waals surface area contributed by atoms with Crippen LogP contribution in [0.15, 0.2) is 12.7 Å². The Morgan fingerprint density at radius 1 is 1.00 bits per heavy atom. The predicted molar refractivity (Wildman–Crippen MR) is 85.8 cm³/mol. The van der Waals surface area contributed by atoms with Gasteiger partial charge in [-0.25, -0.2) is 4.79 Å². The van der Waals surface area contributed by atoms with Crippen LogP contribution in [0.4, 0.5) is 0 Å². The summed E-state index contributed by atoms with van der Waals surface area (Å²) < 4.78 is 4.96. The topological polar surface area (TPSA) is 29.5 Å². The number of nitrogens with zero attached hydrogens (tertiary/aromatic N) is 1. The van der Waals surface area contributed by atoms with Crippen LogP contribution in [0.2, 0.25) is 0 Å². The van der Waals surface area contributed by atoms with Crippen LogP contribution in [0.1, 0.15) is 67.2 Å². The fourth-order valence-corrected chi connectivity index (χ4v) is 2.63. The fourth-order valence-electron chi connectivity index (χ4n) is 2.63. The number of hydrogen-bond donors (Lipinski definition) is 0. The second-order valence-corrected chi connectivity index (χ2v) is 7.28. The highest BCUT2D eigenvalue weighted by atomic mass is 16.5. The molecule has 118 valence electrons. The van der Waals surface area contributed by atoms with Crippen molar-refractivity contribution in [3.63, 3.8) is 0 Å². The highest BCUT2D eigenvalue weighted by molar-refractivity contribution is 5.81. The van der Waals surface area contributed by atoms with Gasteiger partial charge in [0, 0.05) is 17.2 Å². The molecule has 0 fully saturated rings. The third kappa shape index (κ3) is 8.36. The van der Waals surface area contributed by atoms with Gasteiger partial charge in [0.15, 0.2) is 0 Å². The molecule has 0 saturated carbocycles. The number of hydrogen-bond acceptors (Lipinski definition) is 3. The van der Waals surface area contributed by atoms with E-state index < -0.39 is 0 Å². The molecule has 0 spiro atoms. The van der Waals surface area contributed by atoms with E-state index in [1.807, 2.05) is 0 Å². The van der Waals surface area contributed by atoms with E-state index in [0.29, 0.717) is 6.61 Å². The summed E-state index contributed by atoms with van der Waals surface area (Å²) in [6.07, 6.45) is 5.61. The summed E-state index contributed by atoms with van der Waals surface area (Å²) in [5.74, 6) is -0.323. The van der Waals surface area contributed by atoms with Crippen molar-refractivity contribution in [2.45, 2.75) is 78.3 Å². The summed E-state index contributed by atoms with van der Waals surface area (Å²) in [6.45, 7) is 18.6. The molecule has 0 aromatic carbocycles. The summed E-state index contributed by atoms with van der Waals surface area (Å²) >= 11 is 0. The zero-order chi connectivity index (χ0) is 15.8. The van der Waals surface area contributed by atoms with Crippen LogP contribution in [0.5, 0.6) is 0 Å². The first-order chi connectivity index (χ1) is 9.09. The van der Waals surface area contributed by atoms with Gasteiger partial charge in [0.2, 0.25) is 0 Å². The zero-order valence-electron chi connectivity index (χ0n) is 14.3. The van der Waals surface area contributed by atoms with Gasteiger partial charge in [-0.1, -0.05) is 19.4 Å². The lowest BCUT2D eigenvalue weighted by atomic mass is 9.95. The number of carbonyl (C=O) groups is 1. The first-order valence-corrected chi connectivity index (χ1v) is 7.66. The zero-order valence-corrected chi connectivity index (χ0v) is 14.3. The van der Waals surface area contributed by atoms with Gasteiger partial charge < -0.3 is 4.74 Å². The molecule has 20 heavy (non-hydrogen) atoms. The van der Waals surface area contributed by atoms with Crippen LogP contribution in [0.3, 0.4) is 0 Å². The standard InChI is InChI=1S/C17H33NO2/c1-8-15(19)20-14-12-10-9-11-13-18(16(2,3)4)17(5,6)7/h8H,1,9-14H2,2-7H3. The number of unbranched alkanes of at least 4 members (excludes halogenated alkanes) is 3. The lowest BCUT2D eigenvalue weighted by Gasteiger charge is -2.45. The van der Waals surface area contributed by atoms with Crippen LogP contribution >= 0.6 is 0 Å². The molecule has 0 aliphatic carbocycles. The quantitative estimate of drug-likeness (QED) is 0.380. The lowest BCUT2D eigenvalue weighted by molar-refractivity contribution is -0.137.